The van der Waals surface area contributed by atoms with Gasteiger partial charge in [0.15, 0.2) is 0 Å². The molecule has 2 aliphatic rings. The summed E-state index contributed by atoms with van der Waals surface area (Å²) >= 11 is 0. The number of halogens is 1. The van der Waals surface area contributed by atoms with Crippen molar-refractivity contribution >= 4 is 17.8 Å². The number of carbonyl (C=O) groups excluding carboxylic acids is 2. The fraction of sp³-hybridized carbons (Fsp3) is 0.444. The lowest BCUT2D eigenvalue weighted by molar-refractivity contribution is -0.117. The first-order valence-electron chi connectivity index (χ1n) is 8.60. The molecule has 1 saturated carbocycles. The SMILES string of the molecule is CC1=CC(CF)C(N)C(CNC(=O)c2ccnc(NC(=O)C3CC3)n2)=C1. The molecule has 0 aliphatic heterocycles. The highest BCUT2D eigenvalue weighted by Crippen LogP contribution is 2.29. The number of alkyl halides is 1. The number of amides is 2. The van der Waals surface area contributed by atoms with Crippen LogP contribution in [0.4, 0.5) is 10.3 Å². The minimum atomic E-state index is -0.542. The minimum Gasteiger partial charge on any atom is -0.347 e. The van der Waals surface area contributed by atoms with Gasteiger partial charge in [-0.2, -0.15) is 0 Å². The topological polar surface area (TPSA) is 110 Å². The molecule has 1 fully saturated rings. The molecular formula is C18H22FN5O2. The number of aromatic nitrogens is 2. The van der Waals surface area contributed by atoms with E-state index in [0.717, 1.165) is 24.0 Å². The van der Waals surface area contributed by atoms with Crippen LogP contribution in [0.25, 0.3) is 0 Å². The number of anilines is 1. The van der Waals surface area contributed by atoms with Gasteiger partial charge in [-0.25, -0.2) is 9.97 Å². The Labute approximate surface area is 151 Å². The van der Waals surface area contributed by atoms with Crippen LogP contribution in [0.15, 0.2) is 35.6 Å². The number of carbonyl (C=O) groups is 2. The Morgan fingerprint density at radius 3 is 2.85 bits per heavy atom. The fourth-order valence-electron chi connectivity index (χ4n) is 2.84. The first kappa shape index (κ1) is 18.2. The van der Waals surface area contributed by atoms with Crippen LogP contribution >= 0.6 is 0 Å². The number of hydrogen-bond donors (Lipinski definition) is 3. The van der Waals surface area contributed by atoms with Crippen LogP contribution in [0.1, 0.15) is 30.3 Å². The predicted octanol–water partition coefficient (Wildman–Crippen LogP) is 1.35. The molecule has 0 saturated heterocycles. The van der Waals surface area contributed by atoms with Gasteiger partial charge in [0.1, 0.15) is 5.69 Å². The molecule has 2 unspecified atom stereocenters. The standard InChI is InChI=1S/C18H22FN5O2/c1-10-6-12(8-19)15(20)13(7-10)9-22-17(26)14-4-5-21-18(23-14)24-16(25)11-2-3-11/h4-7,11-12,15H,2-3,8-9,20H2,1H3,(H,22,26)(H,21,23,24,25). The zero-order chi connectivity index (χ0) is 18.7. The van der Waals surface area contributed by atoms with E-state index in [9.17, 15) is 14.0 Å². The van der Waals surface area contributed by atoms with Gasteiger partial charge in [-0.3, -0.25) is 19.3 Å². The number of nitrogens with one attached hydrogen (secondary N) is 2. The van der Waals surface area contributed by atoms with Crippen LogP contribution in [-0.2, 0) is 4.79 Å². The van der Waals surface area contributed by atoms with Crippen molar-refractivity contribution in [1.82, 2.24) is 15.3 Å². The molecule has 0 spiro atoms. The molecule has 0 aromatic carbocycles. The molecule has 26 heavy (non-hydrogen) atoms. The summed E-state index contributed by atoms with van der Waals surface area (Å²) in [5.74, 6) is -0.781. The highest BCUT2D eigenvalue weighted by atomic mass is 19.1. The van der Waals surface area contributed by atoms with Crippen molar-refractivity contribution in [3.8, 4) is 0 Å². The maximum atomic E-state index is 13.1. The molecule has 0 radical (unpaired) electrons. The second-order valence-corrected chi connectivity index (χ2v) is 6.69. The van der Waals surface area contributed by atoms with Gasteiger partial charge >= 0.3 is 0 Å². The zero-order valence-corrected chi connectivity index (χ0v) is 14.5. The van der Waals surface area contributed by atoms with Gasteiger partial charge in [0.25, 0.3) is 5.91 Å². The molecule has 3 rings (SSSR count). The van der Waals surface area contributed by atoms with E-state index in [-0.39, 0.29) is 35.9 Å². The van der Waals surface area contributed by atoms with E-state index in [1.807, 2.05) is 13.0 Å². The van der Waals surface area contributed by atoms with Crippen LogP contribution in [0.2, 0.25) is 0 Å². The first-order valence-corrected chi connectivity index (χ1v) is 8.60. The molecule has 1 aromatic heterocycles. The molecule has 8 heteroatoms. The Bertz CT molecular complexity index is 773. The Hall–Kier alpha value is -2.61. The van der Waals surface area contributed by atoms with Gasteiger partial charge in [0, 0.05) is 30.6 Å². The number of nitrogens with zero attached hydrogens (tertiary/aromatic N) is 2. The normalized spacial score (nSPS) is 22.3. The van der Waals surface area contributed by atoms with Crippen molar-refractivity contribution in [3.05, 3.63) is 41.3 Å². The predicted molar refractivity (Wildman–Crippen MR) is 95.0 cm³/mol. The highest BCUT2D eigenvalue weighted by molar-refractivity contribution is 5.95. The molecule has 2 amide bonds. The molecule has 1 aromatic rings. The summed E-state index contributed by atoms with van der Waals surface area (Å²) < 4.78 is 13.1. The maximum absolute atomic E-state index is 13.1. The number of hydrogen-bond acceptors (Lipinski definition) is 5. The quantitative estimate of drug-likeness (QED) is 0.710. The molecular weight excluding hydrogens is 337 g/mol. The summed E-state index contributed by atoms with van der Waals surface area (Å²) in [5, 5.41) is 5.35. The van der Waals surface area contributed by atoms with Gasteiger partial charge < -0.3 is 11.1 Å². The summed E-state index contributed by atoms with van der Waals surface area (Å²) in [6.07, 6.45) is 6.82. The van der Waals surface area contributed by atoms with Crippen LogP contribution in [0.5, 0.6) is 0 Å². The van der Waals surface area contributed by atoms with Gasteiger partial charge in [-0.15, -0.1) is 0 Å². The maximum Gasteiger partial charge on any atom is 0.270 e. The first-order chi connectivity index (χ1) is 12.5. The summed E-state index contributed by atoms with van der Waals surface area (Å²) in [6.45, 7) is 1.53. The molecule has 2 atom stereocenters. The second kappa shape index (κ2) is 7.74. The van der Waals surface area contributed by atoms with E-state index in [1.165, 1.54) is 12.3 Å². The Balaban J connectivity index is 1.61. The molecule has 1 heterocycles. The fourth-order valence-corrected chi connectivity index (χ4v) is 2.84. The highest BCUT2D eigenvalue weighted by Gasteiger charge is 2.30. The Morgan fingerprint density at radius 1 is 1.38 bits per heavy atom. The third kappa shape index (κ3) is 4.32. The summed E-state index contributed by atoms with van der Waals surface area (Å²) in [6, 6.07) is 0.995. The number of allylic oxidation sites excluding steroid dienone is 2. The third-order valence-electron chi connectivity index (χ3n) is 4.48. The Morgan fingerprint density at radius 2 is 2.15 bits per heavy atom. The molecule has 138 valence electrons. The molecule has 4 N–H and O–H groups in total. The zero-order valence-electron chi connectivity index (χ0n) is 14.5. The number of rotatable bonds is 6. The lowest BCUT2D eigenvalue weighted by Crippen LogP contribution is -2.39. The van der Waals surface area contributed by atoms with Crippen molar-refractivity contribution < 1.29 is 14.0 Å². The van der Waals surface area contributed by atoms with Gasteiger partial charge in [0.2, 0.25) is 11.9 Å². The van der Waals surface area contributed by atoms with Crippen LogP contribution < -0.4 is 16.4 Å². The largest absolute Gasteiger partial charge is 0.347 e. The van der Waals surface area contributed by atoms with Crippen LogP contribution in [-0.4, -0.2) is 41.0 Å². The summed E-state index contributed by atoms with van der Waals surface area (Å²) in [7, 11) is 0. The van der Waals surface area contributed by atoms with Crippen LogP contribution in [0.3, 0.4) is 0 Å². The molecule has 7 nitrogen and oxygen atoms in total. The van der Waals surface area contributed by atoms with E-state index >= 15 is 0 Å². The smallest absolute Gasteiger partial charge is 0.270 e. The van der Waals surface area contributed by atoms with Crippen molar-refractivity contribution in [2.75, 3.05) is 18.5 Å². The minimum absolute atomic E-state index is 0.0237. The number of nitrogens with two attached hydrogens (primary N) is 1. The van der Waals surface area contributed by atoms with Gasteiger partial charge in [-0.1, -0.05) is 17.7 Å². The van der Waals surface area contributed by atoms with E-state index in [0.29, 0.717) is 0 Å². The second-order valence-electron chi connectivity index (χ2n) is 6.69. The Kier molecular flexibility index (Phi) is 5.41. The van der Waals surface area contributed by atoms with E-state index < -0.39 is 18.6 Å². The van der Waals surface area contributed by atoms with Crippen molar-refractivity contribution in [2.24, 2.45) is 17.6 Å². The average Bonchev–Trinajstić information content (AvgIpc) is 3.47. The van der Waals surface area contributed by atoms with Gasteiger partial charge in [-0.05, 0) is 31.4 Å². The monoisotopic (exact) mass is 359 g/mol. The summed E-state index contributed by atoms with van der Waals surface area (Å²) in [4.78, 5) is 32.1. The molecule has 0 bridgehead atoms. The van der Waals surface area contributed by atoms with Crippen molar-refractivity contribution in [2.45, 2.75) is 25.8 Å². The van der Waals surface area contributed by atoms with E-state index in [4.69, 9.17) is 5.73 Å². The van der Waals surface area contributed by atoms with Crippen molar-refractivity contribution in [3.63, 3.8) is 0 Å². The lowest BCUT2D eigenvalue weighted by atomic mass is 9.87. The van der Waals surface area contributed by atoms with Gasteiger partial charge in [0.05, 0.1) is 6.67 Å². The van der Waals surface area contributed by atoms with E-state index in [2.05, 4.69) is 20.6 Å². The molecule has 2 aliphatic carbocycles. The van der Waals surface area contributed by atoms with E-state index in [1.54, 1.807) is 6.08 Å². The summed E-state index contributed by atoms with van der Waals surface area (Å²) in [5.41, 5.74) is 7.88. The average molecular weight is 359 g/mol. The third-order valence-corrected chi connectivity index (χ3v) is 4.48. The lowest BCUT2D eigenvalue weighted by Gasteiger charge is -2.26. The van der Waals surface area contributed by atoms with Crippen molar-refractivity contribution in [1.29, 1.82) is 0 Å². The van der Waals surface area contributed by atoms with Crippen LogP contribution in [0, 0.1) is 11.8 Å².